The molecule has 0 atom stereocenters. The standard InChI is InChI=1S/C64H77N5O14S/c1-4-7-8-13-38-69(64-68-58-59(84-64)66-37-36-65-58)67-44-49-43-54(82-62(74)47-20-18-45(19-21-47)60(72)80-52-30-26-50(27-31-52)76-39-14-9-11-16-41-78-56(70)5-2)34-35-55(49)83-63(75)48-24-22-46(23-25-48)61(73)81-53-32-28-51(29-33-53)77-40-15-10-12-17-42-79-57(71)6-3/h5-6,26-37,43-48H,2-4,7-25,38-42H2,1H3/b67-44+/t45-,46-,47-,48-. The van der Waals surface area contributed by atoms with Crippen LogP contribution >= 0.6 is 11.3 Å². The highest BCUT2D eigenvalue weighted by Crippen LogP contribution is 2.35. The van der Waals surface area contributed by atoms with Gasteiger partial charge in [-0.25, -0.2) is 24.6 Å². The average molecular weight is 1170 g/mol. The molecule has 0 amide bonds. The Hall–Kier alpha value is -8.00. The normalized spacial score (nSPS) is 16.7. The van der Waals surface area contributed by atoms with Crippen LogP contribution in [0.5, 0.6) is 34.5 Å². The van der Waals surface area contributed by atoms with Gasteiger partial charge in [-0.3, -0.25) is 19.2 Å². The number of nitrogens with zero attached hydrogens (tertiary/aromatic N) is 5. The largest absolute Gasteiger partial charge is 0.494 e. The molecular weight excluding hydrogens is 1090 g/mol. The van der Waals surface area contributed by atoms with E-state index in [0.717, 1.165) is 89.2 Å². The number of anilines is 1. The van der Waals surface area contributed by atoms with Crippen molar-refractivity contribution in [3.63, 3.8) is 0 Å². The lowest BCUT2D eigenvalue weighted by Crippen LogP contribution is -2.30. The van der Waals surface area contributed by atoms with E-state index in [2.05, 4.69) is 30.0 Å². The number of carbonyl (C=O) groups excluding carboxylic acids is 6. The molecule has 2 aliphatic rings. The zero-order valence-corrected chi connectivity index (χ0v) is 48.8. The van der Waals surface area contributed by atoms with Crippen LogP contribution < -0.4 is 33.4 Å². The molecule has 7 rings (SSSR count). The van der Waals surface area contributed by atoms with E-state index >= 15 is 0 Å². The van der Waals surface area contributed by atoms with Gasteiger partial charge in [-0.15, -0.1) is 0 Å². The van der Waals surface area contributed by atoms with Crippen molar-refractivity contribution in [2.75, 3.05) is 38.0 Å². The fourth-order valence-electron chi connectivity index (χ4n) is 9.67. The van der Waals surface area contributed by atoms with Gasteiger partial charge in [-0.05, 0) is 176 Å². The number of hydrogen-bond donors (Lipinski definition) is 0. The van der Waals surface area contributed by atoms with Crippen molar-refractivity contribution in [3.8, 4) is 34.5 Å². The van der Waals surface area contributed by atoms with E-state index in [1.165, 1.54) is 11.3 Å². The predicted molar refractivity (Wildman–Crippen MR) is 317 cm³/mol. The highest BCUT2D eigenvalue weighted by molar-refractivity contribution is 7.21. The Kier molecular flexibility index (Phi) is 26.2. The molecule has 84 heavy (non-hydrogen) atoms. The monoisotopic (exact) mass is 1170 g/mol. The van der Waals surface area contributed by atoms with Crippen LogP contribution in [0.4, 0.5) is 5.13 Å². The SMILES string of the molecule is C=CC(=O)OCCCCCCOc1ccc(OC(=O)[C@H]2CC[C@H](C(=O)Oc3ccc(OC(=O)[C@H]4CC[C@H](C(=O)Oc5ccc(OCCCCCCOC(=O)C=C)cc5)CC4)c(/C=N/N(CCCCCC)c4nc5nccnc5s4)c3)CC2)cc1. The van der Waals surface area contributed by atoms with E-state index in [1.807, 2.05) is 0 Å². The van der Waals surface area contributed by atoms with Gasteiger partial charge < -0.3 is 37.9 Å². The van der Waals surface area contributed by atoms with E-state index in [1.54, 1.807) is 90.3 Å². The highest BCUT2D eigenvalue weighted by atomic mass is 32.1. The molecule has 2 saturated carbocycles. The molecular formula is C64H77N5O14S. The van der Waals surface area contributed by atoms with Gasteiger partial charge in [0, 0.05) is 36.7 Å². The highest BCUT2D eigenvalue weighted by Gasteiger charge is 2.34. The molecule has 2 aliphatic carbocycles. The number of hydrogen-bond acceptors (Lipinski definition) is 20. The van der Waals surface area contributed by atoms with Crippen LogP contribution in [-0.2, 0) is 38.2 Å². The minimum absolute atomic E-state index is 0.218. The topological polar surface area (TPSA) is 231 Å². The molecule has 2 aromatic heterocycles. The van der Waals surface area contributed by atoms with E-state index < -0.39 is 41.6 Å². The molecule has 0 spiro atoms. The maximum Gasteiger partial charge on any atom is 0.330 e. The Morgan fingerprint density at radius 3 is 1.44 bits per heavy atom. The number of carbonyl (C=O) groups is 6. The van der Waals surface area contributed by atoms with Gasteiger partial charge in [0.05, 0.1) is 56.3 Å². The third kappa shape index (κ3) is 21.0. The lowest BCUT2D eigenvalue weighted by Gasteiger charge is -2.26. The smallest absolute Gasteiger partial charge is 0.330 e. The summed E-state index contributed by atoms with van der Waals surface area (Å²) in [6.45, 7) is 11.3. The van der Waals surface area contributed by atoms with Gasteiger partial charge >= 0.3 is 35.8 Å². The third-order valence-electron chi connectivity index (χ3n) is 14.5. The van der Waals surface area contributed by atoms with Crippen molar-refractivity contribution in [1.82, 2.24) is 15.0 Å². The molecule has 0 unspecified atom stereocenters. The van der Waals surface area contributed by atoms with Gasteiger partial charge in [-0.2, -0.15) is 10.1 Å². The molecule has 0 N–H and O–H groups in total. The lowest BCUT2D eigenvalue weighted by atomic mass is 9.82. The van der Waals surface area contributed by atoms with Crippen molar-refractivity contribution in [2.45, 2.75) is 135 Å². The fraction of sp³-hybridized carbons (Fsp3) is 0.469. The summed E-state index contributed by atoms with van der Waals surface area (Å²) >= 11 is 1.36. The van der Waals surface area contributed by atoms with Crippen LogP contribution in [0.25, 0.3) is 10.5 Å². The number of unbranched alkanes of at least 4 members (excludes halogenated alkanes) is 9. The molecule has 2 fully saturated rings. The molecule has 19 nitrogen and oxygen atoms in total. The Morgan fingerprint density at radius 1 is 0.536 bits per heavy atom. The summed E-state index contributed by atoms with van der Waals surface area (Å²) in [5.41, 5.74) is 0.896. The number of thiazole rings is 1. The Morgan fingerprint density at radius 2 is 0.964 bits per heavy atom. The van der Waals surface area contributed by atoms with Gasteiger partial charge in [0.2, 0.25) is 5.13 Å². The molecule has 0 radical (unpaired) electrons. The van der Waals surface area contributed by atoms with Crippen LogP contribution in [0.15, 0.2) is 110 Å². The summed E-state index contributed by atoms with van der Waals surface area (Å²) in [7, 11) is 0. The first-order valence-electron chi connectivity index (χ1n) is 29.4. The van der Waals surface area contributed by atoms with Gasteiger partial charge in [0.25, 0.3) is 0 Å². The average Bonchev–Trinajstić information content (AvgIpc) is 4.13. The summed E-state index contributed by atoms with van der Waals surface area (Å²) < 4.78 is 45.3. The van der Waals surface area contributed by atoms with Crippen molar-refractivity contribution in [3.05, 3.63) is 110 Å². The summed E-state index contributed by atoms with van der Waals surface area (Å²) in [6, 6.07) is 18.6. The van der Waals surface area contributed by atoms with Crippen molar-refractivity contribution >= 4 is 69.0 Å². The summed E-state index contributed by atoms with van der Waals surface area (Å²) in [5, 5.41) is 7.25. The first-order chi connectivity index (χ1) is 41.0. The van der Waals surface area contributed by atoms with Crippen molar-refractivity contribution in [2.24, 2.45) is 28.8 Å². The third-order valence-corrected chi connectivity index (χ3v) is 15.5. The first kappa shape index (κ1) is 63.6. The minimum Gasteiger partial charge on any atom is -0.494 e. The number of benzene rings is 3. The molecule has 5 aromatic rings. The molecule has 0 bridgehead atoms. The second-order valence-electron chi connectivity index (χ2n) is 20.8. The minimum atomic E-state index is -0.477. The molecule has 3 aromatic carbocycles. The van der Waals surface area contributed by atoms with Crippen LogP contribution in [0, 0.1) is 23.7 Å². The number of hydrazone groups is 1. The van der Waals surface area contributed by atoms with Crippen molar-refractivity contribution in [1.29, 1.82) is 0 Å². The Bertz CT molecular complexity index is 2940. The lowest BCUT2D eigenvalue weighted by molar-refractivity contribution is -0.145. The fourth-order valence-corrected chi connectivity index (χ4v) is 10.5. The summed E-state index contributed by atoms with van der Waals surface area (Å²) in [5.74, 6) is -1.56. The molecule has 0 aliphatic heterocycles. The van der Waals surface area contributed by atoms with Gasteiger partial charge in [-0.1, -0.05) is 50.7 Å². The van der Waals surface area contributed by atoms with Crippen LogP contribution in [0.1, 0.15) is 141 Å². The zero-order chi connectivity index (χ0) is 59.3. The summed E-state index contributed by atoms with van der Waals surface area (Å²) in [4.78, 5) is 90.8. The second kappa shape index (κ2) is 34.6. The maximum absolute atomic E-state index is 13.9. The zero-order valence-electron chi connectivity index (χ0n) is 48.0. The summed E-state index contributed by atoms with van der Waals surface area (Å²) in [6.07, 6.45) is 21.4. The van der Waals surface area contributed by atoms with E-state index in [4.69, 9.17) is 48.0 Å². The van der Waals surface area contributed by atoms with Gasteiger partial charge in [0.15, 0.2) is 10.5 Å². The maximum atomic E-state index is 13.9. The van der Waals surface area contributed by atoms with Crippen LogP contribution in [0.3, 0.4) is 0 Å². The number of aromatic nitrogens is 3. The van der Waals surface area contributed by atoms with Gasteiger partial charge in [0.1, 0.15) is 34.5 Å². The molecule has 448 valence electrons. The second-order valence-corrected chi connectivity index (χ2v) is 21.8. The first-order valence-corrected chi connectivity index (χ1v) is 30.2. The number of fused-ring (bicyclic) bond motifs is 1. The number of ether oxygens (including phenoxy) is 8. The number of rotatable bonds is 34. The van der Waals surface area contributed by atoms with Crippen molar-refractivity contribution < 1.29 is 66.7 Å². The Labute approximate surface area is 495 Å². The van der Waals surface area contributed by atoms with Crippen LogP contribution in [-0.4, -0.2) is 90.0 Å². The molecule has 2 heterocycles. The predicted octanol–water partition coefficient (Wildman–Crippen LogP) is 12.5. The quantitative estimate of drug-likeness (QED) is 0.00930. The van der Waals surface area contributed by atoms with E-state index in [9.17, 15) is 28.8 Å². The molecule has 20 heteroatoms. The van der Waals surface area contributed by atoms with Crippen LogP contribution in [0.2, 0.25) is 0 Å². The number of esters is 6. The Balaban J connectivity index is 0.911. The van der Waals surface area contributed by atoms with E-state index in [0.29, 0.717) is 129 Å². The van der Waals surface area contributed by atoms with E-state index in [-0.39, 0.29) is 29.4 Å². The molecule has 0 saturated heterocycles.